The highest BCUT2D eigenvalue weighted by Crippen LogP contribution is 2.22. The van der Waals surface area contributed by atoms with Crippen molar-refractivity contribution >= 4 is 33.2 Å². The van der Waals surface area contributed by atoms with E-state index in [4.69, 9.17) is 0 Å². The van der Waals surface area contributed by atoms with E-state index in [1.54, 1.807) is 11.3 Å². The van der Waals surface area contributed by atoms with Gasteiger partial charge >= 0.3 is 0 Å². The summed E-state index contributed by atoms with van der Waals surface area (Å²) in [5.41, 5.74) is 0. The lowest BCUT2D eigenvalue weighted by Crippen LogP contribution is -2.34. The normalized spacial score (nSPS) is 15.3. The summed E-state index contributed by atoms with van der Waals surface area (Å²) in [5, 5.41) is 8.08. The van der Waals surface area contributed by atoms with Crippen LogP contribution in [-0.2, 0) is 11.3 Å². The summed E-state index contributed by atoms with van der Waals surface area (Å²) in [7, 11) is 0. The van der Waals surface area contributed by atoms with Gasteiger partial charge in [-0.1, -0.05) is 0 Å². The molecule has 15 heavy (non-hydrogen) atoms. The molecule has 0 aromatic carbocycles. The van der Waals surface area contributed by atoms with Gasteiger partial charge in [-0.05, 0) is 40.2 Å². The minimum atomic E-state index is 0.0715. The van der Waals surface area contributed by atoms with Gasteiger partial charge in [0.25, 0.3) is 0 Å². The molecule has 3 nitrogen and oxygen atoms in total. The molecule has 0 saturated heterocycles. The minimum absolute atomic E-state index is 0.0715. The SMILES string of the molecule is O=C(CNC1CC1)NCc1sccc1Br. The van der Waals surface area contributed by atoms with E-state index in [1.807, 2.05) is 11.4 Å². The molecule has 0 aliphatic heterocycles. The van der Waals surface area contributed by atoms with Crippen molar-refractivity contribution in [2.24, 2.45) is 0 Å². The van der Waals surface area contributed by atoms with Crippen LogP contribution in [0.25, 0.3) is 0 Å². The first-order valence-electron chi connectivity index (χ1n) is 4.97. The number of hydrogen-bond donors (Lipinski definition) is 2. The molecule has 0 radical (unpaired) electrons. The maximum atomic E-state index is 11.4. The number of nitrogens with one attached hydrogen (secondary N) is 2. The van der Waals surface area contributed by atoms with Gasteiger partial charge in [0.2, 0.25) is 5.91 Å². The second-order valence-corrected chi connectivity index (χ2v) is 5.48. The molecule has 1 aliphatic rings. The lowest BCUT2D eigenvalue weighted by atomic mass is 10.4. The number of carbonyl (C=O) groups is 1. The van der Waals surface area contributed by atoms with E-state index in [1.165, 1.54) is 12.8 Å². The molecule has 0 unspecified atom stereocenters. The minimum Gasteiger partial charge on any atom is -0.350 e. The average molecular weight is 289 g/mol. The number of hydrogen-bond acceptors (Lipinski definition) is 3. The lowest BCUT2D eigenvalue weighted by Gasteiger charge is -2.04. The molecule has 1 heterocycles. The fourth-order valence-electron chi connectivity index (χ4n) is 1.22. The van der Waals surface area contributed by atoms with Crippen molar-refractivity contribution in [2.75, 3.05) is 6.54 Å². The van der Waals surface area contributed by atoms with Crippen molar-refractivity contribution in [1.82, 2.24) is 10.6 Å². The van der Waals surface area contributed by atoms with E-state index in [2.05, 4.69) is 26.6 Å². The Morgan fingerprint density at radius 2 is 2.40 bits per heavy atom. The fourth-order valence-corrected chi connectivity index (χ4v) is 2.65. The third kappa shape index (κ3) is 3.59. The Labute approximate surface area is 101 Å². The zero-order chi connectivity index (χ0) is 10.7. The van der Waals surface area contributed by atoms with Crippen LogP contribution in [0.5, 0.6) is 0 Å². The van der Waals surface area contributed by atoms with Gasteiger partial charge in [-0.3, -0.25) is 4.79 Å². The molecule has 1 amide bonds. The molecular formula is C10H13BrN2OS. The molecule has 82 valence electrons. The number of carbonyl (C=O) groups excluding carboxylic acids is 1. The zero-order valence-electron chi connectivity index (χ0n) is 8.25. The van der Waals surface area contributed by atoms with E-state index in [0.717, 1.165) is 9.35 Å². The summed E-state index contributed by atoms with van der Waals surface area (Å²) in [6, 6.07) is 2.58. The number of halogens is 1. The highest BCUT2D eigenvalue weighted by atomic mass is 79.9. The molecule has 0 spiro atoms. The highest BCUT2D eigenvalue weighted by Gasteiger charge is 2.20. The molecule has 2 rings (SSSR count). The van der Waals surface area contributed by atoms with Crippen LogP contribution in [0.1, 0.15) is 17.7 Å². The van der Waals surface area contributed by atoms with Crippen molar-refractivity contribution < 1.29 is 4.79 Å². The summed E-state index contributed by atoms with van der Waals surface area (Å²) in [6.45, 7) is 1.05. The van der Waals surface area contributed by atoms with Crippen molar-refractivity contribution in [1.29, 1.82) is 0 Å². The molecule has 0 bridgehead atoms. The van der Waals surface area contributed by atoms with Crippen LogP contribution in [0.2, 0.25) is 0 Å². The maximum Gasteiger partial charge on any atom is 0.234 e. The van der Waals surface area contributed by atoms with Gasteiger partial charge in [0, 0.05) is 15.4 Å². The van der Waals surface area contributed by atoms with Crippen LogP contribution in [-0.4, -0.2) is 18.5 Å². The Bertz CT molecular complexity index is 349. The Morgan fingerprint density at radius 1 is 1.60 bits per heavy atom. The third-order valence-electron chi connectivity index (χ3n) is 2.27. The first kappa shape index (κ1) is 11.1. The zero-order valence-corrected chi connectivity index (χ0v) is 10.7. The van der Waals surface area contributed by atoms with Gasteiger partial charge in [-0.2, -0.15) is 0 Å². The van der Waals surface area contributed by atoms with Crippen LogP contribution >= 0.6 is 27.3 Å². The monoisotopic (exact) mass is 288 g/mol. The van der Waals surface area contributed by atoms with Crippen molar-refractivity contribution in [3.63, 3.8) is 0 Å². The lowest BCUT2D eigenvalue weighted by molar-refractivity contribution is -0.120. The van der Waals surface area contributed by atoms with E-state index in [-0.39, 0.29) is 5.91 Å². The number of amides is 1. The molecule has 5 heteroatoms. The fraction of sp³-hybridized carbons (Fsp3) is 0.500. The summed E-state index contributed by atoms with van der Waals surface area (Å²) >= 11 is 5.08. The van der Waals surface area contributed by atoms with Gasteiger partial charge < -0.3 is 10.6 Å². The van der Waals surface area contributed by atoms with Crippen molar-refractivity contribution in [3.05, 3.63) is 20.8 Å². The van der Waals surface area contributed by atoms with E-state index in [9.17, 15) is 4.79 Å². The Morgan fingerprint density at radius 3 is 3.00 bits per heavy atom. The summed E-state index contributed by atoms with van der Waals surface area (Å²) < 4.78 is 1.07. The van der Waals surface area contributed by atoms with Crippen LogP contribution in [0.3, 0.4) is 0 Å². The molecule has 1 aromatic heterocycles. The van der Waals surface area contributed by atoms with Gasteiger partial charge in [0.15, 0.2) is 0 Å². The first-order valence-corrected chi connectivity index (χ1v) is 6.65. The Kier molecular flexibility index (Phi) is 3.77. The average Bonchev–Trinajstić information content (AvgIpc) is 2.96. The first-order chi connectivity index (χ1) is 7.25. The second-order valence-electron chi connectivity index (χ2n) is 3.62. The molecule has 1 aliphatic carbocycles. The second kappa shape index (κ2) is 5.09. The van der Waals surface area contributed by atoms with Crippen LogP contribution in [0, 0.1) is 0 Å². The van der Waals surface area contributed by atoms with Gasteiger partial charge in [0.05, 0.1) is 13.1 Å². The van der Waals surface area contributed by atoms with E-state index < -0.39 is 0 Å². The molecule has 2 N–H and O–H groups in total. The summed E-state index contributed by atoms with van der Waals surface area (Å²) in [5.74, 6) is 0.0715. The highest BCUT2D eigenvalue weighted by molar-refractivity contribution is 9.10. The third-order valence-corrected chi connectivity index (χ3v) is 4.19. The molecular weight excluding hydrogens is 276 g/mol. The molecule has 0 atom stereocenters. The Hall–Kier alpha value is -0.390. The largest absolute Gasteiger partial charge is 0.350 e. The van der Waals surface area contributed by atoms with Gasteiger partial charge in [-0.15, -0.1) is 11.3 Å². The molecule has 1 aromatic rings. The summed E-state index contributed by atoms with van der Waals surface area (Å²) in [4.78, 5) is 12.6. The van der Waals surface area contributed by atoms with Crippen LogP contribution in [0.4, 0.5) is 0 Å². The van der Waals surface area contributed by atoms with Crippen LogP contribution in [0.15, 0.2) is 15.9 Å². The molecule has 1 saturated carbocycles. The topological polar surface area (TPSA) is 41.1 Å². The predicted molar refractivity (Wildman–Crippen MR) is 64.9 cm³/mol. The standard InChI is InChI=1S/C10H13BrN2OS/c11-8-3-4-15-9(8)5-13-10(14)6-12-7-1-2-7/h3-4,7,12H,1-2,5-6H2,(H,13,14). The summed E-state index contributed by atoms with van der Waals surface area (Å²) in [6.07, 6.45) is 2.42. The van der Waals surface area contributed by atoms with Gasteiger partial charge in [0.1, 0.15) is 0 Å². The molecule has 1 fully saturated rings. The Balaban J connectivity index is 1.68. The quantitative estimate of drug-likeness (QED) is 0.869. The van der Waals surface area contributed by atoms with Crippen molar-refractivity contribution in [3.8, 4) is 0 Å². The van der Waals surface area contributed by atoms with E-state index >= 15 is 0 Å². The smallest absolute Gasteiger partial charge is 0.234 e. The van der Waals surface area contributed by atoms with Crippen LogP contribution < -0.4 is 10.6 Å². The van der Waals surface area contributed by atoms with Gasteiger partial charge in [-0.25, -0.2) is 0 Å². The predicted octanol–water partition coefficient (Wildman–Crippen LogP) is 1.88. The number of thiophene rings is 1. The van der Waals surface area contributed by atoms with E-state index in [0.29, 0.717) is 19.1 Å². The van der Waals surface area contributed by atoms with Crippen molar-refractivity contribution in [2.45, 2.75) is 25.4 Å². The number of rotatable bonds is 5. The maximum absolute atomic E-state index is 11.4.